The van der Waals surface area contributed by atoms with Crippen LogP contribution in [0.25, 0.3) is 0 Å². The predicted octanol–water partition coefficient (Wildman–Crippen LogP) is 1.45. The van der Waals surface area contributed by atoms with Gasteiger partial charge in [0.05, 0.1) is 6.04 Å². The highest BCUT2D eigenvalue weighted by molar-refractivity contribution is 5.81. The van der Waals surface area contributed by atoms with Crippen LogP contribution in [0.1, 0.15) is 46.0 Å². The molecule has 2 fully saturated rings. The molecule has 19 heavy (non-hydrogen) atoms. The number of piperidine rings is 2. The number of nitrogens with zero attached hydrogens (tertiary/aromatic N) is 2. The van der Waals surface area contributed by atoms with E-state index in [1.807, 2.05) is 0 Å². The zero-order valence-corrected chi connectivity index (χ0v) is 12.5. The maximum absolute atomic E-state index is 12.6. The lowest BCUT2D eigenvalue weighted by Crippen LogP contribution is -2.57. The van der Waals surface area contributed by atoms with Gasteiger partial charge in [0.1, 0.15) is 0 Å². The first-order valence-electron chi connectivity index (χ1n) is 7.89. The topological polar surface area (TPSA) is 49.6 Å². The zero-order chi connectivity index (χ0) is 13.8. The van der Waals surface area contributed by atoms with Gasteiger partial charge in [-0.15, -0.1) is 0 Å². The quantitative estimate of drug-likeness (QED) is 0.842. The van der Waals surface area contributed by atoms with Crippen molar-refractivity contribution in [3.8, 4) is 0 Å². The molecule has 0 radical (unpaired) electrons. The fourth-order valence-electron chi connectivity index (χ4n) is 3.65. The van der Waals surface area contributed by atoms with Crippen LogP contribution >= 0.6 is 0 Å². The van der Waals surface area contributed by atoms with Crippen molar-refractivity contribution in [2.45, 2.75) is 58.0 Å². The second kappa shape index (κ2) is 6.71. The molecule has 4 nitrogen and oxygen atoms in total. The Hall–Kier alpha value is -0.610. The van der Waals surface area contributed by atoms with Crippen LogP contribution in [-0.2, 0) is 4.79 Å². The Balaban J connectivity index is 2.00. The molecule has 0 saturated carbocycles. The lowest BCUT2D eigenvalue weighted by atomic mass is 9.89. The first kappa shape index (κ1) is 14.8. The van der Waals surface area contributed by atoms with E-state index in [0.29, 0.717) is 24.4 Å². The molecule has 2 N–H and O–H groups in total. The standard InChI is InChI=1S/C15H29N3O/c1-12-7-6-10-18(14(12)11-16)13(2)15(19)17-8-4-3-5-9-17/h12-14H,3-11,16H2,1-2H3. The Bertz CT molecular complexity index is 302. The highest BCUT2D eigenvalue weighted by Crippen LogP contribution is 2.25. The molecule has 2 heterocycles. The molecule has 4 heteroatoms. The van der Waals surface area contributed by atoms with Crippen molar-refractivity contribution >= 4 is 5.91 Å². The zero-order valence-electron chi connectivity index (χ0n) is 12.5. The van der Waals surface area contributed by atoms with Gasteiger partial charge < -0.3 is 10.6 Å². The number of carbonyl (C=O) groups excluding carboxylic acids is 1. The molecule has 0 aromatic heterocycles. The van der Waals surface area contributed by atoms with Crippen molar-refractivity contribution in [3.05, 3.63) is 0 Å². The molecule has 2 aliphatic rings. The smallest absolute Gasteiger partial charge is 0.239 e. The van der Waals surface area contributed by atoms with Crippen molar-refractivity contribution in [3.63, 3.8) is 0 Å². The van der Waals surface area contributed by atoms with E-state index in [-0.39, 0.29) is 6.04 Å². The summed E-state index contributed by atoms with van der Waals surface area (Å²) in [5, 5.41) is 0. The van der Waals surface area contributed by atoms with E-state index in [1.165, 1.54) is 19.3 Å². The molecular formula is C15H29N3O. The normalized spacial score (nSPS) is 31.2. The minimum absolute atomic E-state index is 0.00519. The number of likely N-dealkylation sites (tertiary alicyclic amines) is 2. The molecule has 110 valence electrons. The summed E-state index contributed by atoms with van der Waals surface area (Å²) in [6, 6.07) is 0.367. The molecule has 0 bridgehead atoms. The second-order valence-corrected chi connectivity index (χ2v) is 6.22. The summed E-state index contributed by atoms with van der Waals surface area (Å²) in [4.78, 5) is 17.0. The predicted molar refractivity (Wildman–Crippen MR) is 77.8 cm³/mol. The largest absolute Gasteiger partial charge is 0.341 e. The van der Waals surface area contributed by atoms with Crippen LogP contribution in [0.4, 0.5) is 0 Å². The van der Waals surface area contributed by atoms with Crippen molar-refractivity contribution in [2.75, 3.05) is 26.2 Å². The van der Waals surface area contributed by atoms with E-state index in [0.717, 1.165) is 32.5 Å². The Labute approximate surface area is 117 Å². The third kappa shape index (κ3) is 3.29. The van der Waals surface area contributed by atoms with Gasteiger partial charge in [-0.25, -0.2) is 0 Å². The summed E-state index contributed by atoms with van der Waals surface area (Å²) in [7, 11) is 0. The number of hydrogen-bond donors (Lipinski definition) is 1. The highest BCUT2D eigenvalue weighted by atomic mass is 16.2. The van der Waals surface area contributed by atoms with Crippen LogP contribution in [0.2, 0.25) is 0 Å². The Morgan fingerprint density at radius 1 is 1.21 bits per heavy atom. The van der Waals surface area contributed by atoms with Gasteiger partial charge in [-0.2, -0.15) is 0 Å². The average Bonchev–Trinajstić information content (AvgIpc) is 2.46. The summed E-state index contributed by atoms with van der Waals surface area (Å²) in [6.07, 6.45) is 6.02. The van der Waals surface area contributed by atoms with Gasteiger partial charge in [0.15, 0.2) is 0 Å². The highest BCUT2D eigenvalue weighted by Gasteiger charge is 2.35. The fraction of sp³-hybridized carbons (Fsp3) is 0.933. The Morgan fingerprint density at radius 3 is 2.53 bits per heavy atom. The molecule has 0 aromatic carbocycles. The summed E-state index contributed by atoms with van der Waals surface area (Å²) in [5.74, 6) is 0.919. The van der Waals surface area contributed by atoms with E-state index in [1.54, 1.807) is 0 Å². The lowest BCUT2D eigenvalue weighted by Gasteiger charge is -2.43. The first-order chi connectivity index (χ1) is 9.15. The van der Waals surface area contributed by atoms with Gasteiger partial charge in [0.2, 0.25) is 5.91 Å². The number of rotatable bonds is 3. The summed E-state index contributed by atoms with van der Waals surface area (Å²) >= 11 is 0. The summed E-state index contributed by atoms with van der Waals surface area (Å²) in [5.41, 5.74) is 5.93. The van der Waals surface area contributed by atoms with Crippen LogP contribution in [0, 0.1) is 5.92 Å². The van der Waals surface area contributed by atoms with E-state index in [2.05, 4.69) is 23.6 Å². The SMILES string of the molecule is CC1CCCN(C(C)C(=O)N2CCCCC2)C1CN. The van der Waals surface area contributed by atoms with Crippen molar-refractivity contribution in [1.82, 2.24) is 9.80 Å². The van der Waals surface area contributed by atoms with Crippen LogP contribution in [0.5, 0.6) is 0 Å². The van der Waals surface area contributed by atoms with E-state index in [9.17, 15) is 4.79 Å². The maximum atomic E-state index is 12.6. The summed E-state index contributed by atoms with van der Waals surface area (Å²) in [6.45, 7) is 7.91. The molecular weight excluding hydrogens is 238 g/mol. The molecule has 2 saturated heterocycles. The number of nitrogens with two attached hydrogens (primary N) is 1. The minimum atomic E-state index is -0.00519. The van der Waals surface area contributed by atoms with Crippen LogP contribution in [0.3, 0.4) is 0 Å². The molecule has 2 rings (SSSR count). The fourth-order valence-corrected chi connectivity index (χ4v) is 3.65. The second-order valence-electron chi connectivity index (χ2n) is 6.22. The molecule has 3 unspecified atom stereocenters. The van der Waals surface area contributed by atoms with E-state index in [4.69, 9.17) is 5.73 Å². The Kier molecular flexibility index (Phi) is 5.22. The third-order valence-corrected chi connectivity index (χ3v) is 4.92. The number of carbonyl (C=O) groups is 1. The van der Waals surface area contributed by atoms with E-state index < -0.39 is 0 Å². The van der Waals surface area contributed by atoms with Gasteiger partial charge in [-0.05, 0) is 51.5 Å². The average molecular weight is 267 g/mol. The molecule has 0 spiro atoms. The molecule has 3 atom stereocenters. The van der Waals surface area contributed by atoms with Gasteiger partial charge in [-0.1, -0.05) is 6.92 Å². The molecule has 2 aliphatic heterocycles. The van der Waals surface area contributed by atoms with Crippen molar-refractivity contribution < 1.29 is 4.79 Å². The van der Waals surface area contributed by atoms with E-state index >= 15 is 0 Å². The molecule has 0 aromatic rings. The van der Waals surface area contributed by atoms with Crippen molar-refractivity contribution in [2.24, 2.45) is 11.7 Å². The molecule has 1 amide bonds. The maximum Gasteiger partial charge on any atom is 0.239 e. The number of amides is 1. The van der Waals surface area contributed by atoms with Gasteiger partial charge in [-0.3, -0.25) is 9.69 Å². The molecule has 0 aliphatic carbocycles. The first-order valence-corrected chi connectivity index (χ1v) is 7.89. The van der Waals surface area contributed by atoms with Crippen LogP contribution in [-0.4, -0.2) is 54.0 Å². The number of hydrogen-bond acceptors (Lipinski definition) is 3. The summed E-state index contributed by atoms with van der Waals surface area (Å²) < 4.78 is 0. The third-order valence-electron chi connectivity index (χ3n) is 4.92. The van der Waals surface area contributed by atoms with Crippen LogP contribution in [0.15, 0.2) is 0 Å². The van der Waals surface area contributed by atoms with Crippen molar-refractivity contribution in [1.29, 1.82) is 0 Å². The van der Waals surface area contributed by atoms with Gasteiger partial charge >= 0.3 is 0 Å². The van der Waals surface area contributed by atoms with Crippen LogP contribution < -0.4 is 5.73 Å². The Morgan fingerprint density at radius 2 is 1.89 bits per heavy atom. The minimum Gasteiger partial charge on any atom is -0.341 e. The van der Waals surface area contributed by atoms with Gasteiger partial charge in [0.25, 0.3) is 0 Å². The van der Waals surface area contributed by atoms with Gasteiger partial charge in [0, 0.05) is 25.7 Å². The monoisotopic (exact) mass is 267 g/mol. The lowest BCUT2D eigenvalue weighted by molar-refractivity contribution is -0.139.